The fourth-order valence-corrected chi connectivity index (χ4v) is 2.69. The Kier molecular flexibility index (Phi) is 2.52. The Morgan fingerprint density at radius 1 is 1.71 bits per heavy atom. The molecule has 2 rings (SSSR count). The summed E-state index contributed by atoms with van der Waals surface area (Å²) in [6, 6.07) is 0.0506. The summed E-state index contributed by atoms with van der Waals surface area (Å²) in [5.41, 5.74) is 6.90. The summed E-state index contributed by atoms with van der Waals surface area (Å²) in [5.74, 6) is -0.364. The first kappa shape index (κ1) is 9.61. The predicted octanol–water partition coefficient (Wildman–Crippen LogP) is 1.27. The van der Waals surface area contributed by atoms with Gasteiger partial charge in [0, 0.05) is 10.9 Å². The van der Waals surface area contributed by atoms with Crippen molar-refractivity contribution >= 4 is 17.3 Å². The van der Waals surface area contributed by atoms with E-state index in [1.54, 1.807) is 0 Å². The maximum absolute atomic E-state index is 11.2. The molecule has 14 heavy (non-hydrogen) atoms. The van der Waals surface area contributed by atoms with Crippen LogP contribution in [0.1, 0.15) is 39.3 Å². The highest BCUT2D eigenvalue weighted by Gasteiger charge is 2.24. The van der Waals surface area contributed by atoms with Gasteiger partial charge in [-0.2, -0.15) is 0 Å². The molecule has 0 radical (unpaired) electrons. The Balaban J connectivity index is 2.35. The van der Waals surface area contributed by atoms with E-state index in [4.69, 9.17) is 5.73 Å². The summed E-state index contributed by atoms with van der Waals surface area (Å²) in [5, 5.41) is 0.426. The minimum Gasteiger partial charge on any atom is -0.464 e. The highest BCUT2D eigenvalue weighted by molar-refractivity contribution is 7.13. The normalized spacial score (nSPS) is 20.3. The van der Waals surface area contributed by atoms with E-state index in [1.807, 2.05) is 0 Å². The summed E-state index contributed by atoms with van der Waals surface area (Å²) >= 11 is 1.37. The van der Waals surface area contributed by atoms with E-state index in [0.29, 0.717) is 5.01 Å². The maximum Gasteiger partial charge on any atom is 0.367 e. The molecule has 0 bridgehead atoms. The van der Waals surface area contributed by atoms with Crippen molar-refractivity contribution in [1.29, 1.82) is 0 Å². The van der Waals surface area contributed by atoms with Crippen LogP contribution in [-0.2, 0) is 11.2 Å². The minimum atomic E-state index is -0.364. The van der Waals surface area contributed by atoms with Crippen molar-refractivity contribution in [3.63, 3.8) is 0 Å². The van der Waals surface area contributed by atoms with Gasteiger partial charge in [-0.1, -0.05) is 0 Å². The van der Waals surface area contributed by atoms with E-state index in [2.05, 4.69) is 9.72 Å². The third-order valence-corrected chi connectivity index (χ3v) is 3.56. The fourth-order valence-electron chi connectivity index (χ4n) is 1.63. The number of aryl methyl sites for hydroxylation is 1. The van der Waals surface area contributed by atoms with Gasteiger partial charge in [-0.15, -0.1) is 11.3 Å². The van der Waals surface area contributed by atoms with Gasteiger partial charge in [0.05, 0.1) is 12.8 Å². The minimum absolute atomic E-state index is 0.0506. The SMILES string of the molecule is COC(=O)c1nc2c(s1)C(N)CCC2. The van der Waals surface area contributed by atoms with Crippen molar-refractivity contribution in [2.24, 2.45) is 5.73 Å². The van der Waals surface area contributed by atoms with Crippen LogP contribution in [0.5, 0.6) is 0 Å². The van der Waals surface area contributed by atoms with Crippen LogP contribution in [-0.4, -0.2) is 18.1 Å². The number of carbonyl (C=O) groups is 1. The van der Waals surface area contributed by atoms with E-state index < -0.39 is 0 Å². The van der Waals surface area contributed by atoms with Crippen LogP contribution in [0, 0.1) is 0 Å². The lowest BCUT2D eigenvalue weighted by molar-refractivity contribution is 0.0600. The zero-order chi connectivity index (χ0) is 10.1. The second-order valence-electron chi connectivity index (χ2n) is 3.32. The first-order chi connectivity index (χ1) is 6.72. The molecule has 1 aliphatic carbocycles. The molecular formula is C9H12N2O2S. The maximum atomic E-state index is 11.2. The summed E-state index contributed by atoms with van der Waals surface area (Å²) in [4.78, 5) is 16.5. The number of fused-ring (bicyclic) bond motifs is 1. The first-order valence-electron chi connectivity index (χ1n) is 4.56. The number of hydrogen-bond acceptors (Lipinski definition) is 5. The van der Waals surface area contributed by atoms with E-state index >= 15 is 0 Å². The number of aromatic nitrogens is 1. The van der Waals surface area contributed by atoms with Crippen LogP contribution in [0.25, 0.3) is 0 Å². The first-order valence-corrected chi connectivity index (χ1v) is 5.37. The number of rotatable bonds is 1. The number of nitrogens with zero attached hydrogens (tertiary/aromatic N) is 1. The number of thiazole rings is 1. The highest BCUT2D eigenvalue weighted by Crippen LogP contribution is 2.32. The van der Waals surface area contributed by atoms with Crippen LogP contribution < -0.4 is 5.73 Å². The molecule has 0 saturated heterocycles. The summed E-state index contributed by atoms with van der Waals surface area (Å²) in [6.07, 6.45) is 2.96. The molecule has 0 saturated carbocycles. The molecule has 0 spiro atoms. The molecule has 5 heteroatoms. The molecule has 1 heterocycles. The van der Waals surface area contributed by atoms with Gasteiger partial charge in [-0.05, 0) is 19.3 Å². The third kappa shape index (κ3) is 1.53. The lowest BCUT2D eigenvalue weighted by Gasteiger charge is -2.15. The van der Waals surface area contributed by atoms with Crippen molar-refractivity contribution in [3.05, 3.63) is 15.6 Å². The number of nitrogens with two attached hydrogens (primary N) is 1. The number of hydrogen-bond donors (Lipinski definition) is 1. The van der Waals surface area contributed by atoms with Gasteiger partial charge >= 0.3 is 5.97 Å². The molecule has 2 N–H and O–H groups in total. The average molecular weight is 212 g/mol. The number of esters is 1. The van der Waals surface area contributed by atoms with Crippen molar-refractivity contribution in [3.8, 4) is 0 Å². The van der Waals surface area contributed by atoms with Crippen LogP contribution in [0.2, 0.25) is 0 Å². The average Bonchev–Trinajstić information content (AvgIpc) is 2.62. The lowest BCUT2D eigenvalue weighted by atomic mass is 9.99. The fraction of sp³-hybridized carbons (Fsp3) is 0.556. The van der Waals surface area contributed by atoms with E-state index in [9.17, 15) is 4.79 Å². The van der Waals surface area contributed by atoms with Crippen molar-refractivity contribution in [2.75, 3.05) is 7.11 Å². The molecule has 0 aromatic carbocycles. The Morgan fingerprint density at radius 2 is 2.50 bits per heavy atom. The molecule has 1 aromatic rings. The second-order valence-corrected chi connectivity index (χ2v) is 4.35. The topological polar surface area (TPSA) is 65.2 Å². The Labute approximate surface area is 86.1 Å². The summed E-state index contributed by atoms with van der Waals surface area (Å²) in [6.45, 7) is 0. The van der Waals surface area contributed by atoms with Crippen LogP contribution in [0.15, 0.2) is 0 Å². The van der Waals surface area contributed by atoms with Crippen LogP contribution >= 0.6 is 11.3 Å². The quantitative estimate of drug-likeness (QED) is 0.712. The molecule has 76 valence electrons. The standard InChI is InChI=1S/C9H12N2O2S/c1-13-9(12)8-11-6-4-2-3-5(10)7(6)14-8/h5H,2-4,10H2,1H3. The Morgan fingerprint density at radius 3 is 3.14 bits per heavy atom. The van der Waals surface area contributed by atoms with Gasteiger partial charge < -0.3 is 10.5 Å². The molecule has 0 amide bonds. The number of methoxy groups -OCH3 is 1. The van der Waals surface area contributed by atoms with Gasteiger partial charge in [-0.25, -0.2) is 9.78 Å². The second kappa shape index (κ2) is 3.67. The van der Waals surface area contributed by atoms with Crippen LogP contribution in [0.3, 0.4) is 0 Å². The van der Waals surface area contributed by atoms with E-state index in [-0.39, 0.29) is 12.0 Å². The molecule has 1 aliphatic rings. The molecule has 1 aromatic heterocycles. The molecule has 1 unspecified atom stereocenters. The van der Waals surface area contributed by atoms with E-state index in [1.165, 1.54) is 18.4 Å². The summed E-state index contributed by atoms with van der Waals surface area (Å²) < 4.78 is 4.62. The zero-order valence-electron chi connectivity index (χ0n) is 7.95. The molecular weight excluding hydrogens is 200 g/mol. The number of carbonyl (C=O) groups excluding carboxylic acids is 1. The smallest absolute Gasteiger partial charge is 0.367 e. The van der Waals surface area contributed by atoms with Crippen molar-refractivity contribution < 1.29 is 9.53 Å². The van der Waals surface area contributed by atoms with Gasteiger partial charge in [0.2, 0.25) is 5.01 Å². The van der Waals surface area contributed by atoms with Crippen molar-refractivity contribution in [1.82, 2.24) is 4.98 Å². The van der Waals surface area contributed by atoms with Crippen LogP contribution in [0.4, 0.5) is 0 Å². The van der Waals surface area contributed by atoms with E-state index in [0.717, 1.165) is 29.8 Å². The predicted molar refractivity (Wildman–Crippen MR) is 53.3 cm³/mol. The number of ether oxygens (including phenoxy) is 1. The zero-order valence-corrected chi connectivity index (χ0v) is 8.76. The monoisotopic (exact) mass is 212 g/mol. The van der Waals surface area contributed by atoms with Gasteiger partial charge in [0.15, 0.2) is 0 Å². The van der Waals surface area contributed by atoms with Gasteiger partial charge in [-0.3, -0.25) is 0 Å². The summed E-state index contributed by atoms with van der Waals surface area (Å²) in [7, 11) is 1.36. The molecule has 0 aliphatic heterocycles. The molecule has 1 atom stereocenters. The molecule has 4 nitrogen and oxygen atoms in total. The Hall–Kier alpha value is -0.940. The Bertz CT molecular complexity index is 362. The van der Waals surface area contributed by atoms with Crippen molar-refractivity contribution in [2.45, 2.75) is 25.3 Å². The third-order valence-electron chi connectivity index (χ3n) is 2.35. The van der Waals surface area contributed by atoms with Gasteiger partial charge in [0.25, 0.3) is 0 Å². The van der Waals surface area contributed by atoms with Gasteiger partial charge in [0.1, 0.15) is 0 Å². The highest BCUT2D eigenvalue weighted by atomic mass is 32.1. The lowest BCUT2D eigenvalue weighted by Crippen LogP contribution is -2.15. The largest absolute Gasteiger partial charge is 0.464 e. The molecule has 0 fully saturated rings.